The molecule has 1 nitrogen and oxygen atoms in total. The van der Waals surface area contributed by atoms with Crippen LogP contribution < -0.4 is 5.32 Å². The number of anilines is 1. The van der Waals surface area contributed by atoms with E-state index >= 15 is 0 Å². The lowest BCUT2D eigenvalue weighted by Crippen LogP contribution is -2.08. The molecule has 0 atom stereocenters. The third kappa shape index (κ3) is 2.78. The first-order valence-electron chi connectivity index (χ1n) is 6.57. The average molecular weight is 217 g/mol. The maximum atomic E-state index is 3.61. The van der Waals surface area contributed by atoms with Gasteiger partial charge in [-0.2, -0.15) is 0 Å². The molecular weight excluding hydrogens is 194 g/mol. The van der Waals surface area contributed by atoms with Crippen LogP contribution in [0, 0.1) is 19.8 Å². The van der Waals surface area contributed by atoms with E-state index in [1.54, 1.807) is 0 Å². The third-order valence-electron chi connectivity index (χ3n) is 3.81. The first kappa shape index (κ1) is 11.5. The predicted molar refractivity (Wildman–Crippen MR) is 71.0 cm³/mol. The van der Waals surface area contributed by atoms with Gasteiger partial charge >= 0.3 is 0 Å². The van der Waals surface area contributed by atoms with E-state index in [-0.39, 0.29) is 0 Å². The van der Waals surface area contributed by atoms with Gasteiger partial charge in [0.15, 0.2) is 0 Å². The molecule has 16 heavy (non-hydrogen) atoms. The van der Waals surface area contributed by atoms with Gasteiger partial charge in [0.1, 0.15) is 0 Å². The van der Waals surface area contributed by atoms with Crippen molar-refractivity contribution in [1.82, 2.24) is 0 Å². The van der Waals surface area contributed by atoms with Crippen molar-refractivity contribution < 1.29 is 0 Å². The maximum Gasteiger partial charge on any atom is 0.0399 e. The summed E-state index contributed by atoms with van der Waals surface area (Å²) in [6.07, 6.45) is 7.15. The van der Waals surface area contributed by atoms with Crippen LogP contribution in [0.3, 0.4) is 0 Å². The predicted octanol–water partition coefficient (Wildman–Crippen LogP) is 4.30. The summed E-state index contributed by atoms with van der Waals surface area (Å²) >= 11 is 0. The lowest BCUT2D eigenvalue weighted by Gasteiger charge is -2.14. The van der Waals surface area contributed by atoms with E-state index in [1.165, 1.54) is 48.9 Å². The van der Waals surface area contributed by atoms with Gasteiger partial charge < -0.3 is 5.32 Å². The van der Waals surface area contributed by atoms with Gasteiger partial charge in [-0.1, -0.05) is 43.9 Å². The number of aryl methyl sites for hydroxylation is 2. The third-order valence-corrected chi connectivity index (χ3v) is 3.81. The van der Waals surface area contributed by atoms with Gasteiger partial charge in [-0.3, -0.25) is 0 Å². The van der Waals surface area contributed by atoms with E-state index in [4.69, 9.17) is 0 Å². The van der Waals surface area contributed by atoms with Crippen molar-refractivity contribution in [3.63, 3.8) is 0 Å². The van der Waals surface area contributed by atoms with Gasteiger partial charge in [0.25, 0.3) is 0 Å². The Morgan fingerprint density at radius 1 is 1.12 bits per heavy atom. The van der Waals surface area contributed by atoms with Gasteiger partial charge in [0.05, 0.1) is 0 Å². The largest absolute Gasteiger partial charge is 0.385 e. The molecule has 0 aliphatic heterocycles. The Balaban J connectivity index is 1.84. The van der Waals surface area contributed by atoms with Crippen molar-refractivity contribution >= 4 is 5.69 Å². The summed E-state index contributed by atoms with van der Waals surface area (Å²) in [6, 6.07) is 6.50. The molecule has 88 valence electrons. The van der Waals surface area contributed by atoms with E-state index in [9.17, 15) is 0 Å². The highest BCUT2D eigenvalue weighted by Gasteiger charge is 2.14. The van der Waals surface area contributed by atoms with E-state index in [2.05, 4.69) is 37.4 Å². The minimum atomic E-state index is 0.983. The Kier molecular flexibility index (Phi) is 3.87. The summed E-state index contributed by atoms with van der Waals surface area (Å²) in [7, 11) is 0. The molecule has 1 aliphatic carbocycles. The molecule has 1 aromatic carbocycles. The first-order valence-corrected chi connectivity index (χ1v) is 6.57. The van der Waals surface area contributed by atoms with Gasteiger partial charge in [-0.15, -0.1) is 0 Å². The topological polar surface area (TPSA) is 12.0 Å². The zero-order valence-corrected chi connectivity index (χ0v) is 10.6. The molecule has 0 unspecified atom stereocenters. The Morgan fingerprint density at radius 2 is 1.75 bits per heavy atom. The smallest absolute Gasteiger partial charge is 0.0399 e. The minimum absolute atomic E-state index is 0.983. The highest BCUT2D eigenvalue weighted by molar-refractivity contribution is 5.56. The van der Waals surface area contributed by atoms with Crippen LogP contribution >= 0.6 is 0 Å². The molecular formula is C15H23N. The second-order valence-corrected chi connectivity index (χ2v) is 5.13. The first-order chi connectivity index (χ1) is 7.77. The van der Waals surface area contributed by atoms with Crippen LogP contribution in [0.4, 0.5) is 5.69 Å². The monoisotopic (exact) mass is 217 g/mol. The fourth-order valence-corrected chi connectivity index (χ4v) is 2.79. The zero-order valence-electron chi connectivity index (χ0n) is 10.6. The van der Waals surface area contributed by atoms with Gasteiger partial charge in [0, 0.05) is 12.2 Å². The van der Waals surface area contributed by atoms with Crippen molar-refractivity contribution in [1.29, 1.82) is 0 Å². The molecule has 0 aromatic heterocycles. The molecule has 1 N–H and O–H groups in total. The molecule has 0 radical (unpaired) electrons. The van der Waals surface area contributed by atoms with Crippen molar-refractivity contribution in [2.24, 2.45) is 5.92 Å². The van der Waals surface area contributed by atoms with Crippen LogP contribution in [0.5, 0.6) is 0 Å². The summed E-state index contributed by atoms with van der Waals surface area (Å²) in [5.41, 5.74) is 4.08. The van der Waals surface area contributed by atoms with Gasteiger partial charge in [0.2, 0.25) is 0 Å². The van der Waals surface area contributed by atoms with Gasteiger partial charge in [-0.25, -0.2) is 0 Å². The van der Waals surface area contributed by atoms with E-state index in [0.29, 0.717) is 0 Å². The highest BCUT2D eigenvalue weighted by Crippen LogP contribution is 2.28. The number of nitrogens with one attached hydrogen (secondary N) is 1. The van der Waals surface area contributed by atoms with Gasteiger partial charge in [-0.05, 0) is 37.3 Å². The van der Waals surface area contributed by atoms with Crippen LogP contribution in [-0.2, 0) is 0 Å². The summed E-state index contributed by atoms with van der Waals surface area (Å²) in [5, 5.41) is 3.61. The molecule has 1 aromatic rings. The van der Waals surface area contributed by atoms with E-state index in [0.717, 1.165) is 12.5 Å². The molecule has 1 aliphatic rings. The summed E-state index contributed by atoms with van der Waals surface area (Å²) in [6.45, 7) is 5.51. The fraction of sp³-hybridized carbons (Fsp3) is 0.600. The lowest BCUT2D eigenvalue weighted by atomic mass is 10.0. The second-order valence-electron chi connectivity index (χ2n) is 5.13. The summed E-state index contributed by atoms with van der Waals surface area (Å²) in [5.74, 6) is 0.983. The van der Waals surface area contributed by atoms with Crippen molar-refractivity contribution in [2.45, 2.75) is 46.0 Å². The molecule has 1 saturated carbocycles. The Bertz CT molecular complexity index is 317. The van der Waals surface area contributed by atoms with Crippen LogP contribution in [0.25, 0.3) is 0 Å². The second kappa shape index (κ2) is 5.38. The average Bonchev–Trinajstić information content (AvgIpc) is 2.75. The highest BCUT2D eigenvalue weighted by atomic mass is 14.9. The summed E-state index contributed by atoms with van der Waals surface area (Å²) in [4.78, 5) is 0. The molecule has 1 fully saturated rings. The van der Waals surface area contributed by atoms with E-state index < -0.39 is 0 Å². The van der Waals surface area contributed by atoms with Crippen LogP contribution in [0.15, 0.2) is 18.2 Å². The van der Waals surface area contributed by atoms with Crippen molar-refractivity contribution in [2.75, 3.05) is 11.9 Å². The molecule has 0 spiro atoms. The quantitative estimate of drug-likeness (QED) is 0.793. The maximum absolute atomic E-state index is 3.61. The molecule has 2 rings (SSSR count). The number of para-hydroxylation sites is 1. The minimum Gasteiger partial charge on any atom is -0.385 e. The standard InChI is InChI=1S/C15H23N/c1-12-6-5-7-13(2)15(12)16-11-10-14-8-3-4-9-14/h5-7,14,16H,3-4,8-11H2,1-2H3. The SMILES string of the molecule is Cc1cccc(C)c1NCCC1CCCC1. The van der Waals surface area contributed by atoms with Crippen molar-refractivity contribution in [3.8, 4) is 0 Å². The van der Waals surface area contributed by atoms with Crippen LogP contribution in [0.1, 0.15) is 43.2 Å². The molecule has 0 amide bonds. The molecule has 1 heteroatoms. The zero-order chi connectivity index (χ0) is 11.4. The van der Waals surface area contributed by atoms with E-state index in [1.807, 2.05) is 0 Å². The number of benzene rings is 1. The van der Waals surface area contributed by atoms with Crippen molar-refractivity contribution in [3.05, 3.63) is 29.3 Å². The normalized spacial score (nSPS) is 16.6. The Hall–Kier alpha value is -0.980. The van der Waals surface area contributed by atoms with Crippen LogP contribution in [-0.4, -0.2) is 6.54 Å². The number of rotatable bonds is 4. The molecule has 0 saturated heterocycles. The Labute approximate surface area is 99.3 Å². The molecule has 0 bridgehead atoms. The summed E-state index contributed by atoms with van der Waals surface area (Å²) < 4.78 is 0. The lowest BCUT2D eigenvalue weighted by molar-refractivity contribution is 0.518. The van der Waals surface area contributed by atoms with Crippen LogP contribution in [0.2, 0.25) is 0 Å². The Morgan fingerprint density at radius 3 is 2.38 bits per heavy atom. The number of hydrogen-bond donors (Lipinski definition) is 1. The fourth-order valence-electron chi connectivity index (χ4n) is 2.79. The number of hydrogen-bond acceptors (Lipinski definition) is 1. The molecule has 0 heterocycles.